The molecule has 2 aromatic carbocycles. The first-order valence-corrected chi connectivity index (χ1v) is 11.9. The second-order valence-corrected chi connectivity index (χ2v) is 10.8. The highest BCUT2D eigenvalue weighted by Crippen LogP contribution is 2.44. The number of aryl methyl sites for hydroxylation is 1. The zero-order valence-corrected chi connectivity index (χ0v) is 19.9. The van der Waals surface area contributed by atoms with Crippen LogP contribution in [0.15, 0.2) is 54.6 Å². The van der Waals surface area contributed by atoms with Gasteiger partial charge in [-0.2, -0.15) is 0 Å². The van der Waals surface area contributed by atoms with Crippen molar-refractivity contribution in [2.24, 2.45) is 11.3 Å². The van der Waals surface area contributed by atoms with Crippen molar-refractivity contribution < 1.29 is 9.59 Å². The molecule has 2 N–H and O–H groups in total. The standard InChI is InChI=1S/C27H30N2O2S/c1-17-10-13-20(14-11-17)28-25(31)23-21-15-12-19(27(2,3)4)16-22(21)32-26(23)29-24(30)18-8-6-5-7-9-18/h5-11,13-14,19H,12,15-16H2,1-4H3,(H,28,31)(H,29,30). The van der Waals surface area contributed by atoms with Gasteiger partial charge in [-0.25, -0.2) is 0 Å². The van der Waals surface area contributed by atoms with E-state index in [-0.39, 0.29) is 17.2 Å². The summed E-state index contributed by atoms with van der Waals surface area (Å²) in [5, 5.41) is 6.71. The van der Waals surface area contributed by atoms with Gasteiger partial charge in [-0.3, -0.25) is 9.59 Å². The first-order valence-electron chi connectivity index (χ1n) is 11.1. The fraction of sp³-hybridized carbons (Fsp3) is 0.333. The highest BCUT2D eigenvalue weighted by atomic mass is 32.1. The van der Waals surface area contributed by atoms with Crippen molar-refractivity contribution in [3.63, 3.8) is 0 Å². The number of nitrogens with one attached hydrogen (secondary N) is 2. The maximum absolute atomic E-state index is 13.4. The lowest BCUT2D eigenvalue weighted by atomic mass is 9.72. The molecule has 0 bridgehead atoms. The lowest BCUT2D eigenvalue weighted by molar-refractivity contribution is 0.102. The molecule has 3 aromatic rings. The number of hydrogen-bond acceptors (Lipinski definition) is 3. The van der Waals surface area contributed by atoms with Gasteiger partial charge >= 0.3 is 0 Å². The van der Waals surface area contributed by atoms with E-state index in [0.717, 1.165) is 36.1 Å². The number of carbonyl (C=O) groups is 2. The number of rotatable bonds is 4. The van der Waals surface area contributed by atoms with E-state index in [9.17, 15) is 9.59 Å². The Morgan fingerprint density at radius 1 is 0.938 bits per heavy atom. The lowest BCUT2D eigenvalue weighted by Crippen LogP contribution is -2.27. The van der Waals surface area contributed by atoms with Gasteiger partial charge in [0.25, 0.3) is 11.8 Å². The third-order valence-electron chi connectivity index (χ3n) is 6.29. The van der Waals surface area contributed by atoms with Gasteiger partial charge in [0, 0.05) is 16.1 Å². The summed E-state index contributed by atoms with van der Waals surface area (Å²) in [7, 11) is 0. The quantitative estimate of drug-likeness (QED) is 0.468. The van der Waals surface area contributed by atoms with Crippen LogP contribution in [0, 0.1) is 18.3 Å². The van der Waals surface area contributed by atoms with Crippen LogP contribution in [0.4, 0.5) is 10.7 Å². The average Bonchev–Trinajstić information content (AvgIpc) is 3.12. The van der Waals surface area contributed by atoms with Gasteiger partial charge in [-0.15, -0.1) is 11.3 Å². The van der Waals surface area contributed by atoms with Crippen molar-refractivity contribution in [2.45, 2.75) is 47.0 Å². The molecule has 166 valence electrons. The Morgan fingerprint density at radius 3 is 2.28 bits per heavy atom. The molecule has 1 aliphatic carbocycles. The fourth-order valence-corrected chi connectivity index (χ4v) is 5.57. The Hall–Kier alpha value is -2.92. The predicted octanol–water partition coefficient (Wildman–Crippen LogP) is 6.71. The van der Waals surface area contributed by atoms with Crippen LogP contribution in [0.3, 0.4) is 0 Å². The van der Waals surface area contributed by atoms with E-state index < -0.39 is 0 Å². The number of fused-ring (bicyclic) bond motifs is 1. The predicted molar refractivity (Wildman–Crippen MR) is 133 cm³/mol. The summed E-state index contributed by atoms with van der Waals surface area (Å²) in [6.45, 7) is 8.85. The molecule has 4 rings (SSSR count). The molecule has 1 atom stereocenters. The number of hydrogen-bond donors (Lipinski definition) is 2. The Morgan fingerprint density at radius 2 is 1.62 bits per heavy atom. The third-order valence-corrected chi connectivity index (χ3v) is 7.46. The molecule has 2 amide bonds. The summed E-state index contributed by atoms with van der Waals surface area (Å²) in [6.07, 6.45) is 2.84. The van der Waals surface area contributed by atoms with Crippen molar-refractivity contribution >= 4 is 33.8 Å². The van der Waals surface area contributed by atoms with E-state index in [1.54, 1.807) is 23.5 Å². The van der Waals surface area contributed by atoms with Gasteiger partial charge in [-0.1, -0.05) is 56.7 Å². The Labute approximate surface area is 194 Å². The molecule has 0 saturated carbocycles. The van der Waals surface area contributed by atoms with E-state index in [1.165, 1.54) is 4.88 Å². The number of thiophene rings is 1. The first-order chi connectivity index (χ1) is 15.2. The van der Waals surface area contributed by atoms with Gasteiger partial charge in [-0.05, 0) is 67.3 Å². The van der Waals surface area contributed by atoms with Crippen molar-refractivity contribution in [1.82, 2.24) is 0 Å². The summed E-state index contributed by atoms with van der Waals surface area (Å²) in [5.74, 6) is 0.198. The lowest BCUT2D eigenvalue weighted by Gasteiger charge is -2.33. The molecule has 1 unspecified atom stereocenters. The van der Waals surface area contributed by atoms with Gasteiger partial charge in [0.1, 0.15) is 5.00 Å². The first kappa shape index (κ1) is 22.3. The van der Waals surface area contributed by atoms with Crippen molar-refractivity contribution in [3.05, 3.63) is 81.7 Å². The molecule has 0 spiro atoms. The molecule has 0 saturated heterocycles. The number of anilines is 2. The van der Waals surface area contributed by atoms with E-state index in [0.29, 0.717) is 22.0 Å². The monoisotopic (exact) mass is 446 g/mol. The SMILES string of the molecule is Cc1ccc(NC(=O)c2c(NC(=O)c3ccccc3)sc3c2CCC(C(C)(C)C)C3)cc1. The Balaban J connectivity index is 1.68. The molecule has 1 heterocycles. The second kappa shape index (κ2) is 8.91. The Kier molecular flexibility index (Phi) is 6.20. The fourth-order valence-electron chi connectivity index (χ4n) is 4.25. The molecular formula is C27H30N2O2S. The van der Waals surface area contributed by atoms with Crippen LogP contribution in [0.2, 0.25) is 0 Å². The zero-order valence-electron chi connectivity index (χ0n) is 19.1. The minimum absolute atomic E-state index is 0.163. The molecule has 0 radical (unpaired) electrons. The maximum Gasteiger partial charge on any atom is 0.258 e. The van der Waals surface area contributed by atoms with Crippen molar-refractivity contribution in [1.29, 1.82) is 0 Å². The second-order valence-electron chi connectivity index (χ2n) is 9.65. The molecule has 4 nitrogen and oxygen atoms in total. The summed E-state index contributed by atoms with van der Waals surface area (Å²) >= 11 is 1.55. The number of amides is 2. The zero-order chi connectivity index (χ0) is 22.9. The molecule has 5 heteroatoms. The van der Waals surface area contributed by atoms with Crippen molar-refractivity contribution in [3.8, 4) is 0 Å². The average molecular weight is 447 g/mol. The van der Waals surface area contributed by atoms with E-state index in [2.05, 4.69) is 31.4 Å². The third kappa shape index (κ3) is 4.78. The molecule has 0 fully saturated rings. The minimum atomic E-state index is -0.194. The van der Waals surface area contributed by atoms with Gasteiger partial charge in [0.2, 0.25) is 0 Å². The van der Waals surface area contributed by atoms with Crippen LogP contribution < -0.4 is 10.6 Å². The van der Waals surface area contributed by atoms with Crippen LogP contribution in [-0.2, 0) is 12.8 Å². The number of benzene rings is 2. The molecular weight excluding hydrogens is 416 g/mol. The van der Waals surface area contributed by atoms with Gasteiger partial charge < -0.3 is 10.6 Å². The summed E-state index contributed by atoms with van der Waals surface area (Å²) in [6, 6.07) is 16.9. The molecule has 32 heavy (non-hydrogen) atoms. The topological polar surface area (TPSA) is 58.2 Å². The normalized spacial score (nSPS) is 15.7. The summed E-state index contributed by atoms with van der Waals surface area (Å²) in [4.78, 5) is 27.5. The van der Waals surface area contributed by atoms with Crippen LogP contribution >= 0.6 is 11.3 Å². The van der Waals surface area contributed by atoms with Crippen LogP contribution in [0.25, 0.3) is 0 Å². The molecule has 0 aliphatic heterocycles. The molecule has 1 aromatic heterocycles. The smallest absolute Gasteiger partial charge is 0.258 e. The van der Waals surface area contributed by atoms with Crippen LogP contribution in [0.5, 0.6) is 0 Å². The number of carbonyl (C=O) groups excluding carboxylic acids is 2. The largest absolute Gasteiger partial charge is 0.322 e. The van der Waals surface area contributed by atoms with Crippen molar-refractivity contribution in [2.75, 3.05) is 10.6 Å². The highest BCUT2D eigenvalue weighted by Gasteiger charge is 2.34. The maximum atomic E-state index is 13.4. The van der Waals surface area contributed by atoms with Gasteiger partial charge in [0.05, 0.1) is 5.56 Å². The minimum Gasteiger partial charge on any atom is -0.322 e. The van der Waals surface area contributed by atoms with Crippen LogP contribution in [0.1, 0.15) is 63.9 Å². The summed E-state index contributed by atoms with van der Waals surface area (Å²) < 4.78 is 0. The highest BCUT2D eigenvalue weighted by molar-refractivity contribution is 7.17. The molecule has 1 aliphatic rings. The van der Waals surface area contributed by atoms with E-state index in [4.69, 9.17) is 0 Å². The van der Waals surface area contributed by atoms with Gasteiger partial charge in [0.15, 0.2) is 0 Å². The van der Waals surface area contributed by atoms with E-state index >= 15 is 0 Å². The van der Waals surface area contributed by atoms with E-state index in [1.807, 2.05) is 49.4 Å². The summed E-state index contributed by atoms with van der Waals surface area (Å²) in [5.41, 5.74) is 4.38. The van der Waals surface area contributed by atoms with Crippen LogP contribution in [-0.4, -0.2) is 11.8 Å². The Bertz CT molecular complexity index is 1120.